The van der Waals surface area contributed by atoms with Crippen LogP contribution in [0.4, 0.5) is 12.9 Å². The molecule has 12 heavy (non-hydrogen) atoms. The van der Waals surface area contributed by atoms with E-state index in [9.17, 15) is 12.9 Å². The SMILES string of the molecule is COc1cccnc1[B-](F)(F)F. The molecule has 0 atom stereocenters. The molecule has 2 nitrogen and oxygen atoms in total. The van der Waals surface area contributed by atoms with Crippen LogP contribution in [0.1, 0.15) is 0 Å². The van der Waals surface area contributed by atoms with Crippen molar-refractivity contribution in [2.75, 3.05) is 7.11 Å². The van der Waals surface area contributed by atoms with E-state index in [1.165, 1.54) is 19.2 Å². The summed E-state index contributed by atoms with van der Waals surface area (Å²) < 4.78 is 41.0. The molecule has 0 radical (unpaired) electrons. The van der Waals surface area contributed by atoms with Gasteiger partial charge in [-0.25, -0.2) is 0 Å². The van der Waals surface area contributed by atoms with Crippen LogP contribution in [0.25, 0.3) is 0 Å². The van der Waals surface area contributed by atoms with Crippen molar-refractivity contribution in [1.29, 1.82) is 0 Å². The summed E-state index contributed by atoms with van der Waals surface area (Å²) in [5, 5.41) is 0. The zero-order chi connectivity index (χ0) is 9.19. The second kappa shape index (κ2) is 3.04. The Kier molecular flexibility index (Phi) is 2.26. The second-order valence-corrected chi connectivity index (χ2v) is 2.17. The average Bonchev–Trinajstić information content (AvgIpc) is 2.03. The first kappa shape index (κ1) is 8.90. The highest BCUT2D eigenvalue weighted by molar-refractivity contribution is 6.73. The normalized spacial score (nSPS) is 11.3. The van der Waals surface area contributed by atoms with Gasteiger partial charge in [-0.05, 0) is 12.1 Å². The fraction of sp³-hybridized carbons (Fsp3) is 0.167. The van der Waals surface area contributed by atoms with Crippen LogP contribution in [0.2, 0.25) is 0 Å². The Morgan fingerprint density at radius 3 is 2.50 bits per heavy atom. The molecule has 0 unspecified atom stereocenters. The standard InChI is InChI=1S/C6H6BF3NO/c1-12-5-3-2-4-11-6(5)7(8,9)10/h2-4H,1H3/q-1. The van der Waals surface area contributed by atoms with Crippen molar-refractivity contribution in [2.45, 2.75) is 0 Å². The average molecular weight is 176 g/mol. The van der Waals surface area contributed by atoms with E-state index in [0.717, 1.165) is 6.20 Å². The van der Waals surface area contributed by atoms with Crippen molar-refractivity contribution in [1.82, 2.24) is 4.98 Å². The van der Waals surface area contributed by atoms with Gasteiger partial charge in [0.1, 0.15) is 5.75 Å². The predicted molar refractivity (Wildman–Crippen MR) is 39.5 cm³/mol. The molecule has 1 aromatic rings. The highest BCUT2D eigenvalue weighted by atomic mass is 19.4. The van der Waals surface area contributed by atoms with Crippen molar-refractivity contribution in [3.8, 4) is 5.75 Å². The maximum Gasteiger partial charge on any atom is 0.531 e. The zero-order valence-electron chi connectivity index (χ0n) is 6.30. The molecule has 0 aromatic carbocycles. The number of pyridine rings is 1. The molecule has 66 valence electrons. The molecule has 1 aromatic heterocycles. The Bertz CT molecular complexity index is 276. The summed E-state index contributed by atoms with van der Waals surface area (Å²) in [5.41, 5.74) is -0.931. The first-order chi connectivity index (χ1) is 5.55. The molecule has 0 spiro atoms. The minimum absolute atomic E-state index is 0.231. The molecule has 0 saturated heterocycles. The first-order valence-electron chi connectivity index (χ1n) is 3.24. The number of hydrogen-bond donors (Lipinski definition) is 0. The maximum atomic E-state index is 12.2. The summed E-state index contributed by atoms with van der Waals surface area (Å²) in [4.78, 5) is 3.20. The molecule has 6 heteroatoms. The van der Waals surface area contributed by atoms with Gasteiger partial charge < -0.3 is 17.7 Å². The van der Waals surface area contributed by atoms with Gasteiger partial charge in [0.15, 0.2) is 0 Å². The largest absolute Gasteiger partial charge is 0.531 e. The van der Waals surface area contributed by atoms with Crippen molar-refractivity contribution in [2.24, 2.45) is 0 Å². The Morgan fingerprint density at radius 2 is 2.08 bits per heavy atom. The number of hydrogen-bond acceptors (Lipinski definition) is 2. The molecule has 0 saturated carbocycles. The zero-order valence-corrected chi connectivity index (χ0v) is 6.30. The third-order valence-electron chi connectivity index (χ3n) is 1.33. The summed E-state index contributed by atoms with van der Waals surface area (Å²) in [6.45, 7) is -5.07. The van der Waals surface area contributed by atoms with Crippen LogP contribution in [0.5, 0.6) is 5.75 Å². The Morgan fingerprint density at radius 1 is 1.42 bits per heavy atom. The third kappa shape index (κ3) is 1.69. The van der Waals surface area contributed by atoms with E-state index < -0.39 is 12.6 Å². The molecule has 0 bridgehead atoms. The number of rotatable bonds is 2. The van der Waals surface area contributed by atoms with Gasteiger partial charge in [-0.2, -0.15) is 0 Å². The summed E-state index contributed by atoms with van der Waals surface area (Å²) in [6.07, 6.45) is 1.09. The molecule has 0 amide bonds. The maximum absolute atomic E-state index is 12.2. The van der Waals surface area contributed by atoms with Gasteiger partial charge >= 0.3 is 6.98 Å². The number of halogens is 3. The highest BCUT2D eigenvalue weighted by Crippen LogP contribution is 2.14. The summed E-state index contributed by atoms with van der Waals surface area (Å²) in [7, 11) is 1.18. The fourth-order valence-corrected chi connectivity index (χ4v) is 0.821. The fourth-order valence-electron chi connectivity index (χ4n) is 0.821. The number of aromatic nitrogens is 1. The molecule has 0 aliphatic rings. The second-order valence-electron chi connectivity index (χ2n) is 2.17. The Labute approximate surface area is 67.4 Å². The molecule has 1 rings (SSSR count). The summed E-state index contributed by atoms with van der Waals surface area (Å²) >= 11 is 0. The summed E-state index contributed by atoms with van der Waals surface area (Å²) in [5.74, 6) is -0.231. The van der Waals surface area contributed by atoms with E-state index in [-0.39, 0.29) is 5.75 Å². The molecule has 0 fully saturated rings. The molecule has 0 N–H and O–H groups in total. The van der Waals surface area contributed by atoms with Gasteiger partial charge in [-0.3, -0.25) is 4.98 Å². The van der Waals surface area contributed by atoms with E-state index in [0.29, 0.717) is 0 Å². The van der Waals surface area contributed by atoms with Crippen LogP contribution >= 0.6 is 0 Å². The van der Waals surface area contributed by atoms with Crippen LogP contribution in [0.3, 0.4) is 0 Å². The Balaban J connectivity index is 3.14. The predicted octanol–water partition coefficient (Wildman–Crippen LogP) is 1.14. The van der Waals surface area contributed by atoms with Gasteiger partial charge in [0.05, 0.1) is 7.11 Å². The van der Waals surface area contributed by atoms with Gasteiger partial charge in [-0.1, -0.05) is 0 Å². The smallest absolute Gasteiger partial charge is 0.498 e. The molecule has 0 aliphatic heterocycles. The quantitative estimate of drug-likeness (QED) is 0.630. The third-order valence-corrected chi connectivity index (χ3v) is 1.33. The van der Waals surface area contributed by atoms with E-state index in [2.05, 4.69) is 9.72 Å². The Hall–Kier alpha value is -1.20. The number of methoxy groups -OCH3 is 1. The van der Waals surface area contributed by atoms with Gasteiger partial charge in [0.2, 0.25) is 0 Å². The van der Waals surface area contributed by atoms with Gasteiger partial charge in [0.25, 0.3) is 0 Å². The van der Waals surface area contributed by atoms with E-state index in [1.807, 2.05) is 0 Å². The van der Waals surface area contributed by atoms with Crippen molar-refractivity contribution < 1.29 is 17.7 Å². The lowest BCUT2D eigenvalue weighted by Gasteiger charge is -2.16. The number of nitrogens with zero attached hydrogens (tertiary/aromatic N) is 1. The molecule has 1 heterocycles. The van der Waals surface area contributed by atoms with E-state index in [1.54, 1.807) is 0 Å². The van der Waals surface area contributed by atoms with Crippen molar-refractivity contribution >= 4 is 12.6 Å². The van der Waals surface area contributed by atoms with Crippen LogP contribution in [0.15, 0.2) is 18.3 Å². The van der Waals surface area contributed by atoms with Crippen LogP contribution < -0.4 is 10.3 Å². The number of ether oxygens (including phenoxy) is 1. The van der Waals surface area contributed by atoms with Crippen LogP contribution in [0, 0.1) is 0 Å². The van der Waals surface area contributed by atoms with Crippen LogP contribution in [-0.2, 0) is 0 Å². The topological polar surface area (TPSA) is 22.1 Å². The first-order valence-corrected chi connectivity index (χ1v) is 3.24. The lowest BCUT2D eigenvalue weighted by atomic mass is 9.85. The minimum Gasteiger partial charge on any atom is -0.498 e. The minimum atomic E-state index is -5.07. The summed E-state index contributed by atoms with van der Waals surface area (Å²) in [6, 6.07) is 2.63. The van der Waals surface area contributed by atoms with E-state index in [4.69, 9.17) is 0 Å². The molecular weight excluding hydrogens is 170 g/mol. The molecule has 0 aliphatic carbocycles. The lowest BCUT2D eigenvalue weighted by molar-refractivity contribution is 0.410. The van der Waals surface area contributed by atoms with Gasteiger partial charge in [-0.15, -0.1) is 0 Å². The van der Waals surface area contributed by atoms with E-state index >= 15 is 0 Å². The molecular formula is C6H6BF3NO-. The van der Waals surface area contributed by atoms with Crippen LogP contribution in [-0.4, -0.2) is 19.1 Å². The lowest BCUT2D eigenvalue weighted by Crippen LogP contribution is -2.37. The van der Waals surface area contributed by atoms with Gasteiger partial charge in [0, 0.05) is 11.8 Å². The van der Waals surface area contributed by atoms with Crippen molar-refractivity contribution in [3.05, 3.63) is 18.3 Å². The van der Waals surface area contributed by atoms with Crippen molar-refractivity contribution in [3.63, 3.8) is 0 Å². The monoisotopic (exact) mass is 176 g/mol. The highest BCUT2D eigenvalue weighted by Gasteiger charge is 2.30.